The van der Waals surface area contributed by atoms with E-state index in [-0.39, 0.29) is 22.8 Å². The lowest BCUT2D eigenvalue weighted by Crippen LogP contribution is -2.62. The molecule has 1 aromatic rings. The van der Waals surface area contributed by atoms with Crippen LogP contribution >= 0.6 is 0 Å². The first-order chi connectivity index (χ1) is 15.3. The number of likely N-dealkylation sites (tertiary alicyclic amines) is 1. The summed E-state index contributed by atoms with van der Waals surface area (Å²) in [7, 11) is 2.03. The Balaban J connectivity index is 1.29. The van der Waals surface area contributed by atoms with E-state index in [2.05, 4.69) is 24.1 Å². The molecule has 1 saturated heterocycles. The first kappa shape index (κ1) is 21.7. The molecule has 0 spiro atoms. The number of nitrogens with one attached hydrogen (secondary N) is 1. The number of hydrogen-bond donors (Lipinski definition) is 1. The van der Waals surface area contributed by atoms with Gasteiger partial charge in [0.1, 0.15) is 0 Å². The van der Waals surface area contributed by atoms with Gasteiger partial charge in [-0.1, -0.05) is 44.2 Å². The summed E-state index contributed by atoms with van der Waals surface area (Å²) in [4.78, 5) is 27.2. The van der Waals surface area contributed by atoms with Crippen molar-refractivity contribution < 1.29 is 9.59 Å². The van der Waals surface area contributed by atoms with Crippen LogP contribution in [0.3, 0.4) is 0 Å². The molecule has 172 valence electrons. The predicted octanol–water partition coefficient (Wildman–Crippen LogP) is 5.05. The van der Waals surface area contributed by atoms with Gasteiger partial charge in [-0.15, -0.1) is 0 Å². The Morgan fingerprint density at radius 3 is 2.53 bits per heavy atom. The maximum atomic E-state index is 12.7. The van der Waals surface area contributed by atoms with Crippen LogP contribution in [-0.4, -0.2) is 35.8 Å². The number of piperidine rings is 1. The van der Waals surface area contributed by atoms with E-state index in [1.54, 1.807) is 6.08 Å². The van der Waals surface area contributed by atoms with Gasteiger partial charge in [-0.2, -0.15) is 0 Å². The van der Waals surface area contributed by atoms with Gasteiger partial charge in [-0.05, 0) is 85.2 Å². The van der Waals surface area contributed by atoms with E-state index in [4.69, 9.17) is 0 Å². The second-order valence-corrected chi connectivity index (χ2v) is 11.4. The van der Waals surface area contributed by atoms with Crippen LogP contribution in [0.4, 0.5) is 0 Å². The van der Waals surface area contributed by atoms with Crippen molar-refractivity contribution in [3.8, 4) is 0 Å². The molecular formula is C28H38N2O2. The third-order valence-corrected chi connectivity index (χ3v) is 10.1. The first-order valence-electron chi connectivity index (χ1n) is 12.6. The normalized spacial score (nSPS) is 41.2. The number of rotatable bonds is 3. The van der Waals surface area contributed by atoms with E-state index >= 15 is 0 Å². The summed E-state index contributed by atoms with van der Waals surface area (Å²) in [6.07, 6.45) is 12.5. The lowest BCUT2D eigenvalue weighted by Gasteiger charge is -2.61. The highest BCUT2D eigenvalue weighted by molar-refractivity contribution is 5.92. The maximum Gasteiger partial charge on any atom is 0.244 e. The molecule has 1 aliphatic heterocycles. The lowest BCUT2D eigenvalue weighted by atomic mass is 9.47. The van der Waals surface area contributed by atoms with E-state index in [0.29, 0.717) is 30.2 Å². The highest BCUT2D eigenvalue weighted by atomic mass is 16.2. The minimum atomic E-state index is 0.0333. The second kappa shape index (κ2) is 8.04. The lowest BCUT2D eigenvalue weighted by molar-refractivity contribution is -0.157. The highest BCUT2D eigenvalue weighted by Gasteiger charge is 2.61. The van der Waals surface area contributed by atoms with Crippen molar-refractivity contribution in [1.29, 1.82) is 0 Å². The topological polar surface area (TPSA) is 49.4 Å². The molecule has 1 unspecified atom stereocenters. The molecule has 3 aliphatic carbocycles. The molecule has 7 atom stereocenters. The Hall–Kier alpha value is -2.10. The Kier molecular flexibility index (Phi) is 5.46. The van der Waals surface area contributed by atoms with Crippen LogP contribution in [0.25, 0.3) is 6.08 Å². The number of fused-ring (bicyclic) bond motifs is 5. The molecule has 4 aliphatic rings. The maximum absolute atomic E-state index is 12.7. The summed E-state index contributed by atoms with van der Waals surface area (Å²) in [6.45, 7) is 4.92. The smallest absolute Gasteiger partial charge is 0.244 e. The number of amides is 2. The summed E-state index contributed by atoms with van der Waals surface area (Å²) in [5.74, 6) is 2.50. The van der Waals surface area contributed by atoms with Crippen LogP contribution in [0.2, 0.25) is 0 Å². The minimum Gasteiger partial charge on any atom is -0.349 e. The van der Waals surface area contributed by atoms with Gasteiger partial charge in [-0.3, -0.25) is 9.59 Å². The van der Waals surface area contributed by atoms with Crippen LogP contribution in [-0.2, 0) is 9.59 Å². The molecule has 4 nitrogen and oxygen atoms in total. The van der Waals surface area contributed by atoms with Gasteiger partial charge in [-0.25, -0.2) is 0 Å². The van der Waals surface area contributed by atoms with Crippen LogP contribution in [0.5, 0.6) is 0 Å². The fourth-order valence-electron chi connectivity index (χ4n) is 8.34. The molecule has 2 amide bonds. The molecule has 4 heteroatoms. The molecule has 0 radical (unpaired) electrons. The molecule has 1 heterocycles. The van der Waals surface area contributed by atoms with Gasteiger partial charge in [0, 0.05) is 31.6 Å². The molecular weight excluding hydrogens is 396 g/mol. The molecule has 32 heavy (non-hydrogen) atoms. The Morgan fingerprint density at radius 2 is 1.75 bits per heavy atom. The number of benzene rings is 1. The van der Waals surface area contributed by atoms with Crippen LogP contribution in [0, 0.1) is 28.6 Å². The summed E-state index contributed by atoms with van der Waals surface area (Å²) in [6, 6.07) is 10.7. The first-order valence-corrected chi connectivity index (χ1v) is 12.6. The fourth-order valence-corrected chi connectivity index (χ4v) is 8.34. The zero-order valence-corrected chi connectivity index (χ0v) is 19.8. The van der Waals surface area contributed by atoms with Gasteiger partial charge < -0.3 is 10.2 Å². The number of carbonyl (C=O) groups excluding carboxylic acids is 2. The number of hydrogen-bond acceptors (Lipinski definition) is 2. The summed E-state index contributed by atoms with van der Waals surface area (Å²) >= 11 is 0. The highest BCUT2D eigenvalue weighted by Crippen LogP contribution is 2.64. The number of carbonyl (C=O) groups is 2. The summed E-state index contributed by atoms with van der Waals surface area (Å²) in [5, 5.41) is 3.38. The van der Waals surface area contributed by atoms with Gasteiger partial charge in [0.25, 0.3) is 0 Å². The van der Waals surface area contributed by atoms with Crippen molar-refractivity contribution in [2.75, 3.05) is 7.05 Å². The summed E-state index contributed by atoms with van der Waals surface area (Å²) < 4.78 is 0. The largest absolute Gasteiger partial charge is 0.349 e. The Morgan fingerprint density at radius 1 is 1.00 bits per heavy atom. The SMILES string of the molecule is CN1C(=O)CC[C@]2(C)[C@H]3CC[C@]4(C)C(NC(=O)C=Cc5ccccc5)CC[C@H]4[C@@H]3CC[C@@H]12. The molecule has 5 rings (SSSR count). The van der Waals surface area contributed by atoms with Crippen molar-refractivity contribution >= 4 is 17.9 Å². The van der Waals surface area contributed by atoms with Crippen molar-refractivity contribution in [1.82, 2.24) is 10.2 Å². The standard InChI is InChI=1S/C28H38N2O2/c1-27-17-15-22-20(10-13-24-28(22,2)18-16-26(32)30(24)3)21(27)11-12-23(27)29-25(31)14-9-19-7-5-4-6-8-19/h4-9,14,20-24H,10-13,15-18H2,1-3H3,(H,29,31)/t20-,21-,22-,23?,24+,27-,28+/m0/s1. The van der Waals surface area contributed by atoms with Crippen LogP contribution in [0.1, 0.15) is 70.8 Å². The number of nitrogens with zero attached hydrogens (tertiary/aromatic N) is 1. The second-order valence-electron chi connectivity index (χ2n) is 11.4. The summed E-state index contributed by atoms with van der Waals surface area (Å²) in [5.41, 5.74) is 1.50. The molecule has 0 aromatic heterocycles. The van der Waals surface area contributed by atoms with E-state index in [1.165, 1.54) is 25.7 Å². The zero-order valence-electron chi connectivity index (χ0n) is 19.8. The van der Waals surface area contributed by atoms with E-state index < -0.39 is 0 Å². The van der Waals surface area contributed by atoms with Crippen LogP contribution < -0.4 is 5.32 Å². The molecule has 0 bridgehead atoms. The van der Waals surface area contributed by atoms with Crippen molar-refractivity contribution in [2.24, 2.45) is 28.6 Å². The van der Waals surface area contributed by atoms with Crippen molar-refractivity contribution in [3.63, 3.8) is 0 Å². The zero-order chi connectivity index (χ0) is 22.5. The van der Waals surface area contributed by atoms with E-state index in [1.807, 2.05) is 43.5 Å². The monoisotopic (exact) mass is 434 g/mol. The predicted molar refractivity (Wildman–Crippen MR) is 128 cm³/mol. The third-order valence-electron chi connectivity index (χ3n) is 10.1. The molecule has 3 saturated carbocycles. The Labute approximate surface area is 192 Å². The van der Waals surface area contributed by atoms with Gasteiger partial charge in [0.05, 0.1) is 0 Å². The van der Waals surface area contributed by atoms with Gasteiger partial charge in [0.2, 0.25) is 11.8 Å². The van der Waals surface area contributed by atoms with Gasteiger partial charge >= 0.3 is 0 Å². The van der Waals surface area contributed by atoms with E-state index in [9.17, 15) is 9.59 Å². The fraction of sp³-hybridized carbons (Fsp3) is 0.643. The quantitative estimate of drug-likeness (QED) is 0.677. The minimum absolute atomic E-state index is 0.0333. The average molecular weight is 435 g/mol. The molecule has 1 N–H and O–H groups in total. The van der Waals surface area contributed by atoms with Gasteiger partial charge in [0.15, 0.2) is 0 Å². The molecule has 4 fully saturated rings. The van der Waals surface area contributed by atoms with Crippen LogP contribution in [0.15, 0.2) is 36.4 Å². The third kappa shape index (κ3) is 3.41. The molecule has 1 aromatic carbocycles. The Bertz CT molecular complexity index is 911. The van der Waals surface area contributed by atoms with E-state index in [0.717, 1.165) is 30.7 Å². The van der Waals surface area contributed by atoms with Crippen molar-refractivity contribution in [3.05, 3.63) is 42.0 Å². The average Bonchev–Trinajstić information content (AvgIpc) is 3.12. The van der Waals surface area contributed by atoms with Crippen molar-refractivity contribution in [2.45, 2.75) is 77.3 Å².